The molecule has 21 heavy (non-hydrogen) atoms. The fourth-order valence-corrected chi connectivity index (χ4v) is 4.14. The van der Waals surface area contributed by atoms with Crippen molar-refractivity contribution in [1.29, 1.82) is 0 Å². The maximum absolute atomic E-state index is 4.59. The summed E-state index contributed by atoms with van der Waals surface area (Å²) in [4.78, 5) is 6.88. The Labute approximate surface area is 128 Å². The Kier molecular flexibility index (Phi) is 3.11. The number of hydrogen-bond donors (Lipinski definition) is 0. The van der Waals surface area contributed by atoms with Gasteiger partial charge in [-0.05, 0) is 54.6 Å². The number of aromatic nitrogens is 2. The van der Waals surface area contributed by atoms with Crippen LogP contribution in [0.15, 0.2) is 42.7 Å². The number of benzene rings is 1. The van der Waals surface area contributed by atoms with Crippen LogP contribution in [0, 0.1) is 6.92 Å². The number of rotatable bonds is 2. The molecule has 3 nitrogen and oxygen atoms in total. The maximum atomic E-state index is 4.59. The first-order valence-electron chi connectivity index (χ1n) is 7.35. The van der Waals surface area contributed by atoms with Crippen molar-refractivity contribution in [2.45, 2.75) is 25.8 Å². The van der Waals surface area contributed by atoms with Crippen LogP contribution in [0.3, 0.4) is 0 Å². The minimum atomic E-state index is 0.432. The predicted molar refractivity (Wildman–Crippen MR) is 87.9 cm³/mol. The van der Waals surface area contributed by atoms with Gasteiger partial charge in [-0.2, -0.15) is 4.37 Å². The average Bonchev–Trinajstić information content (AvgIpc) is 3.13. The number of nitrogens with zero attached hydrogens (tertiary/aromatic N) is 3. The Bertz CT molecular complexity index is 780. The molecule has 1 atom stereocenters. The van der Waals surface area contributed by atoms with E-state index in [2.05, 4.69) is 51.5 Å². The zero-order valence-corrected chi connectivity index (χ0v) is 12.8. The van der Waals surface area contributed by atoms with Crippen LogP contribution in [-0.2, 0) is 0 Å². The number of aryl methyl sites for hydroxylation is 1. The number of fused-ring (bicyclic) bond motifs is 1. The Morgan fingerprint density at radius 1 is 1.24 bits per heavy atom. The molecule has 0 spiro atoms. The lowest BCUT2D eigenvalue weighted by Crippen LogP contribution is -2.21. The summed E-state index contributed by atoms with van der Waals surface area (Å²) in [6.45, 7) is 3.21. The normalized spacial score (nSPS) is 18.5. The Morgan fingerprint density at radius 3 is 3.05 bits per heavy atom. The van der Waals surface area contributed by atoms with Crippen LogP contribution in [0.25, 0.3) is 10.9 Å². The van der Waals surface area contributed by atoms with Crippen LogP contribution in [0.1, 0.15) is 30.0 Å². The highest BCUT2D eigenvalue weighted by molar-refractivity contribution is 7.11. The monoisotopic (exact) mass is 295 g/mol. The van der Waals surface area contributed by atoms with Gasteiger partial charge in [0.2, 0.25) is 0 Å². The zero-order chi connectivity index (χ0) is 14.2. The number of pyridine rings is 1. The molecule has 0 amide bonds. The highest BCUT2D eigenvalue weighted by Gasteiger charge is 2.28. The molecule has 1 unspecified atom stereocenters. The summed E-state index contributed by atoms with van der Waals surface area (Å²) in [7, 11) is 0. The third kappa shape index (κ3) is 2.20. The molecular weight excluding hydrogens is 278 g/mol. The molecule has 4 rings (SSSR count). The summed E-state index contributed by atoms with van der Waals surface area (Å²) in [5.74, 6) is 0. The van der Waals surface area contributed by atoms with Crippen molar-refractivity contribution in [2.75, 3.05) is 11.4 Å². The lowest BCUT2D eigenvalue weighted by Gasteiger charge is -2.25. The van der Waals surface area contributed by atoms with Crippen molar-refractivity contribution in [1.82, 2.24) is 9.36 Å². The average molecular weight is 295 g/mol. The number of hydrogen-bond acceptors (Lipinski definition) is 4. The second-order valence-corrected chi connectivity index (χ2v) is 6.40. The Hall–Kier alpha value is -1.94. The first kappa shape index (κ1) is 12.8. The van der Waals surface area contributed by atoms with Gasteiger partial charge >= 0.3 is 0 Å². The van der Waals surface area contributed by atoms with E-state index in [1.54, 1.807) is 11.5 Å². The smallest absolute Gasteiger partial charge is 0.120 e. The zero-order valence-electron chi connectivity index (χ0n) is 12.0. The molecule has 1 fully saturated rings. The molecule has 1 aliphatic rings. The van der Waals surface area contributed by atoms with Gasteiger partial charge in [0.1, 0.15) is 5.00 Å². The second-order valence-electron chi connectivity index (χ2n) is 5.65. The minimum absolute atomic E-state index is 0.432. The molecule has 3 aromatic rings. The van der Waals surface area contributed by atoms with Crippen LogP contribution < -0.4 is 4.90 Å². The van der Waals surface area contributed by atoms with Gasteiger partial charge in [0, 0.05) is 24.3 Å². The fourth-order valence-electron chi connectivity index (χ4n) is 3.20. The van der Waals surface area contributed by atoms with E-state index in [-0.39, 0.29) is 0 Å². The van der Waals surface area contributed by atoms with Gasteiger partial charge < -0.3 is 4.90 Å². The van der Waals surface area contributed by atoms with E-state index < -0.39 is 0 Å². The highest BCUT2D eigenvalue weighted by Crippen LogP contribution is 2.41. The van der Waals surface area contributed by atoms with Gasteiger partial charge in [-0.15, -0.1) is 0 Å². The molecule has 0 N–H and O–H groups in total. The molecule has 0 aliphatic carbocycles. The topological polar surface area (TPSA) is 29.0 Å². The van der Waals surface area contributed by atoms with Crippen molar-refractivity contribution < 1.29 is 0 Å². The van der Waals surface area contributed by atoms with Gasteiger partial charge in [-0.1, -0.05) is 18.2 Å². The molecule has 1 aromatic carbocycles. The molecule has 4 heteroatoms. The van der Waals surface area contributed by atoms with Crippen molar-refractivity contribution >= 4 is 27.4 Å². The largest absolute Gasteiger partial charge is 0.355 e. The van der Waals surface area contributed by atoms with Gasteiger partial charge in [0.05, 0.1) is 11.6 Å². The second kappa shape index (κ2) is 5.11. The van der Waals surface area contributed by atoms with E-state index in [0.29, 0.717) is 6.04 Å². The summed E-state index contributed by atoms with van der Waals surface area (Å²) in [6.07, 6.45) is 6.35. The Balaban J connectivity index is 1.77. The molecule has 2 aromatic heterocycles. The SMILES string of the molecule is Cc1cncc(C2CCCN2c2snc3ccccc23)c1. The van der Waals surface area contributed by atoms with Crippen LogP contribution in [0.2, 0.25) is 0 Å². The molecule has 1 saturated heterocycles. The summed E-state index contributed by atoms with van der Waals surface area (Å²) < 4.78 is 4.59. The van der Waals surface area contributed by atoms with E-state index in [1.165, 1.54) is 34.4 Å². The molecule has 0 radical (unpaired) electrons. The third-order valence-corrected chi connectivity index (χ3v) is 5.07. The van der Waals surface area contributed by atoms with Crippen molar-refractivity contribution in [3.05, 3.63) is 53.9 Å². The van der Waals surface area contributed by atoms with Crippen LogP contribution in [-0.4, -0.2) is 15.9 Å². The molecule has 0 saturated carbocycles. The van der Waals surface area contributed by atoms with Gasteiger partial charge in [-0.3, -0.25) is 4.98 Å². The summed E-state index contributed by atoms with van der Waals surface area (Å²) in [6, 6.07) is 11.1. The lowest BCUT2D eigenvalue weighted by molar-refractivity contribution is 0.720. The molecule has 3 heterocycles. The van der Waals surface area contributed by atoms with Crippen LogP contribution in [0.5, 0.6) is 0 Å². The predicted octanol–water partition coefficient (Wildman–Crippen LogP) is 4.34. The molecule has 0 bridgehead atoms. The van der Waals surface area contributed by atoms with Crippen LogP contribution >= 0.6 is 11.5 Å². The van der Waals surface area contributed by atoms with E-state index in [9.17, 15) is 0 Å². The van der Waals surface area contributed by atoms with Crippen molar-refractivity contribution in [2.24, 2.45) is 0 Å². The molecule has 106 valence electrons. The third-order valence-electron chi connectivity index (χ3n) is 4.16. The van der Waals surface area contributed by atoms with Crippen molar-refractivity contribution in [3.8, 4) is 0 Å². The molecular formula is C17H17N3S. The summed E-state index contributed by atoms with van der Waals surface area (Å²) in [5, 5.41) is 2.57. The van der Waals surface area contributed by atoms with Crippen molar-refractivity contribution in [3.63, 3.8) is 0 Å². The standard InChI is InChI=1S/C17H17N3S/c1-12-9-13(11-18-10-12)16-7-4-8-20(16)17-14-5-2-3-6-15(14)19-21-17/h2-3,5-6,9-11,16H,4,7-8H2,1H3. The Morgan fingerprint density at radius 2 is 2.14 bits per heavy atom. The molecule has 1 aliphatic heterocycles. The minimum Gasteiger partial charge on any atom is -0.355 e. The quantitative estimate of drug-likeness (QED) is 0.704. The summed E-state index contributed by atoms with van der Waals surface area (Å²) >= 11 is 1.62. The first-order valence-corrected chi connectivity index (χ1v) is 8.13. The van der Waals surface area contributed by atoms with Gasteiger partial charge in [0.15, 0.2) is 0 Å². The number of anilines is 1. The lowest BCUT2D eigenvalue weighted by atomic mass is 10.1. The van der Waals surface area contributed by atoms with E-state index in [0.717, 1.165) is 12.1 Å². The van der Waals surface area contributed by atoms with E-state index in [1.807, 2.05) is 12.4 Å². The highest BCUT2D eigenvalue weighted by atomic mass is 32.1. The first-order chi connectivity index (χ1) is 10.3. The van der Waals surface area contributed by atoms with Gasteiger partial charge in [-0.25, -0.2) is 0 Å². The van der Waals surface area contributed by atoms with E-state index >= 15 is 0 Å². The maximum Gasteiger partial charge on any atom is 0.120 e. The fraction of sp³-hybridized carbons (Fsp3) is 0.294. The van der Waals surface area contributed by atoms with Crippen LogP contribution in [0.4, 0.5) is 5.00 Å². The van der Waals surface area contributed by atoms with Gasteiger partial charge in [0.25, 0.3) is 0 Å². The summed E-state index contributed by atoms with van der Waals surface area (Å²) in [5.41, 5.74) is 3.66. The van der Waals surface area contributed by atoms with E-state index in [4.69, 9.17) is 0 Å².